The van der Waals surface area contributed by atoms with E-state index >= 15 is 0 Å². The standard InChI is InChI=1S/C11H24N2O2S/c1-4-16(14,15)8-7-13-9-10(2)12-6-5-11(13)3/h10-12H,4-9H2,1-3H3. The SMILES string of the molecule is CCS(=O)(=O)CCN1CC(C)NCCC1C. The average Bonchev–Trinajstić information content (AvgIpc) is 2.38. The molecule has 1 N–H and O–H groups in total. The molecule has 0 aliphatic carbocycles. The van der Waals surface area contributed by atoms with Gasteiger partial charge in [0.2, 0.25) is 0 Å². The van der Waals surface area contributed by atoms with E-state index in [-0.39, 0.29) is 5.75 Å². The van der Waals surface area contributed by atoms with Crippen LogP contribution in [0.2, 0.25) is 0 Å². The molecule has 2 unspecified atom stereocenters. The Hall–Kier alpha value is -0.130. The average molecular weight is 248 g/mol. The van der Waals surface area contributed by atoms with E-state index < -0.39 is 9.84 Å². The zero-order valence-corrected chi connectivity index (χ0v) is 11.4. The predicted molar refractivity (Wildman–Crippen MR) is 67.4 cm³/mol. The first kappa shape index (κ1) is 13.9. The van der Waals surface area contributed by atoms with Gasteiger partial charge in [-0.15, -0.1) is 0 Å². The normalized spacial score (nSPS) is 28.9. The Balaban J connectivity index is 2.50. The van der Waals surface area contributed by atoms with Gasteiger partial charge in [0.25, 0.3) is 0 Å². The van der Waals surface area contributed by atoms with Crippen LogP contribution < -0.4 is 5.32 Å². The molecule has 1 aliphatic heterocycles. The lowest BCUT2D eigenvalue weighted by Crippen LogP contribution is -2.41. The number of hydrogen-bond donors (Lipinski definition) is 1. The number of sulfone groups is 1. The van der Waals surface area contributed by atoms with Crippen molar-refractivity contribution in [1.29, 1.82) is 0 Å². The fraction of sp³-hybridized carbons (Fsp3) is 1.00. The minimum Gasteiger partial charge on any atom is -0.313 e. The molecule has 1 saturated heterocycles. The minimum atomic E-state index is -2.83. The van der Waals surface area contributed by atoms with Crippen LogP contribution in [0.15, 0.2) is 0 Å². The molecule has 4 nitrogen and oxygen atoms in total. The first-order valence-corrected chi connectivity index (χ1v) is 7.94. The Morgan fingerprint density at radius 1 is 1.38 bits per heavy atom. The fourth-order valence-corrected chi connectivity index (χ4v) is 2.83. The van der Waals surface area contributed by atoms with Crippen LogP contribution in [0, 0.1) is 0 Å². The highest BCUT2D eigenvalue weighted by atomic mass is 32.2. The minimum absolute atomic E-state index is 0.253. The van der Waals surface area contributed by atoms with E-state index in [1.807, 2.05) is 0 Å². The summed E-state index contributed by atoms with van der Waals surface area (Å²) < 4.78 is 22.9. The molecule has 16 heavy (non-hydrogen) atoms. The van der Waals surface area contributed by atoms with E-state index in [1.54, 1.807) is 6.92 Å². The largest absolute Gasteiger partial charge is 0.313 e. The molecule has 0 aromatic heterocycles. The second-order valence-corrected chi connectivity index (χ2v) is 7.20. The van der Waals surface area contributed by atoms with Gasteiger partial charge in [0, 0.05) is 30.9 Å². The third-order valence-electron chi connectivity index (χ3n) is 3.32. The van der Waals surface area contributed by atoms with Crippen molar-refractivity contribution in [2.24, 2.45) is 0 Å². The molecule has 0 bridgehead atoms. The third-order valence-corrected chi connectivity index (χ3v) is 5.00. The van der Waals surface area contributed by atoms with E-state index in [4.69, 9.17) is 0 Å². The molecule has 1 heterocycles. The Labute approximate surface area is 99.3 Å². The van der Waals surface area contributed by atoms with Crippen molar-refractivity contribution in [2.75, 3.05) is 31.1 Å². The molecular formula is C11H24N2O2S. The fourth-order valence-electron chi connectivity index (χ4n) is 2.03. The third kappa shape index (κ3) is 4.39. The molecule has 0 amide bonds. The van der Waals surface area contributed by atoms with Crippen molar-refractivity contribution in [3.63, 3.8) is 0 Å². The maximum atomic E-state index is 11.5. The lowest BCUT2D eigenvalue weighted by Gasteiger charge is -2.27. The van der Waals surface area contributed by atoms with Gasteiger partial charge in [-0.3, -0.25) is 4.90 Å². The highest BCUT2D eigenvalue weighted by Gasteiger charge is 2.21. The van der Waals surface area contributed by atoms with Crippen molar-refractivity contribution < 1.29 is 8.42 Å². The zero-order valence-electron chi connectivity index (χ0n) is 10.6. The highest BCUT2D eigenvalue weighted by Crippen LogP contribution is 2.09. The molecule has 96 valence electrons. The molecule has 5 heteroatoms. The van der Waals surface area contributed by atoms with E-state index in [0.717, 1.165) is 19.5 Å². The van der Waals surface area contributed by atoms with Crippen LogP contribution in [0.25, 0.3) is 0 Å². The molecular weight excluding hydrogens is 224 g/mol. The van der Waals surface area contributed by atoms with E-state index in [1.165, 1.54) is 0 Å². The van der Waals surface area contributed by atoms with E-state index in [9.17, 15) is 8.42 Å². The van der Waals surface area contributed by atoms with Gasteiger partial charge >= 0.3 is 0 Å². The lowest BCUT2D eigenvalue weighted by molar-refractivity contribution is 0.219. The molecule has 2 atom stereocenters. The summed E-state index contributed by atoms with van der Waals surface area (Å²) in [5.74, 6) is 0.545. The van der Waals surface area contributed by atoms with Gasteiger partial charge in [-0.05, 0) is 26.8 Å². The van der Waals surface area contributed by atoms with Crippen LogP contribution in [0.5, 0.6) is 0 Å². The van der Waals surface area contributed by atoms with Gasteiger partial charge in [-0.2, -0.15) is 0 Å². The van der Waals surface area contributed by atoms with Crippen LogP contribution in [0.1, 0.15) is 27.2 Å². The maximum Gasteiger partial charge on any atom is 0.151 e. The summed E-state index contributed by atoms with van der Waals surface area (Å²) >= 11 is 0. The number of rotatable bonds is 4. The van der Waals surface area contributed by atoms with Crippen molar-refractivity contribution in [1.82, 2.24) is 10.2 Å². The number of nitrogens with one attached hydrogen (secondary N) is 1. The molecule has 0 saturated carbocycles. The smallest absolute Gasteiger partial charge is 0.151 e. The predicted octanol–water partition coefficient (Wildman–Crippen LogP) is 0.493. The second kappa shape index (κ2) is 5.98. The van der Waals surface area contributed by atoms with Gasteiger partial charge in [-0.25, -0.2) is 8.42 Å². The van der Waals surface area contributed by atoms with Crippen molar-refractivity contribution in [3.05, 3.63) is 0 Å². The highest BCUT2D eigenvalue weighted by molar-refractivity contribution is 7.91. The Bertz CT molecular complexity index is 303. The molecule has 1 rings (SSSR count). The maximum absolute atomic E-state index is 11.5. The topological polar surface area (TPSA) is 49.4 Å². The monoisotopic (exact) mass is 248 g/mol. The summed E-state index contributed by atoms with van der Waals surface area (Å²) in [5.41, 5.74) is 0. The van der Waals surface area contributed by atoms with Gasteiger partial charge in [0.1, 0.15) is 0 Å². The van der Waals surface area contributed by atoms with Crippen molar-refractivity contribution >= 4 is 9.84 Å². The van der Waals surface area contributed by atoms with Crippen LogP contribution >= 0.6 is 0 Å². The van der Waals surface area contributed by atoms with Gasteiger partial charge in [-0.1, -0.05) is 6.92 Å². The Kier molecular flexibility index (Phi) is 5.21. The second-order valence-electron chi connectivity index (χ2n) is 4.72. The summed E-state index contributed by atoms with van der Waals surface area (Å²) in [7, 11) is -2.83. The van der Waals surface area contributed by atoms with Crippen LogP contribution in [0.3, 0.4) is 0 Å². The lowest BCUT2D eigenvalue weighted by atomic mass is 10.2. The summed E-state index contributed by atoms with van der Waals surface area (Å²) in [4.78, 5) is 2.29. The Morgan fingerprint density at radius 2 is 2.06 bits per heavy atom. The number of nitrogens with zero attached hydrogens (tertiary/aromatic N) is 1. The molecule has 0 radical (unpaired) electrons. The molecule has 1 aliphatic rings. The molecule has 1 fully saturated rings. The summed E-state index contributed by atoms with van der Waals surface area (Å²) in [5, 5.41) is 3.42. The summed E-state index contributed by atoms with van der Waals surface area (Å²) in [6, 6.07) is 0.929. The van der Waals surface area contributed by atoms with Crippen molar-refractivity contribution in [3.8, 4) is 0 Å². The van der Waals surface area contributed by atoms with Gasteiger partial charge in [0.05, 0.1) is 5.75 Å². The van der Waals surface area contributed by atoms with Gasteiger partial charge in [0.15, 0.2) is 9.84 Å². The van der Waals surface area contributed by atoms with Crippen molar-refractivity contribution in [2.45, 2.75) is 39.3 Å². The van der Waals surface area contributed by atoms with Crippen LogP contribution in [0.4, 0.5) is 0 Å². The Morgan fingerprint density at radius 3 is 2.69 bits per heavy atom. The first-order chi connectivity index (χ1) is 7.44. The molecule has 0 spiro atoms. The van der Waals surface area contributed by atoms with E-state index in [2.05, 4.69) is 24.1 Å². The number of hydrogen-bond acceptors (Lipinski definition) is 4. The van der Waals surface area contributed by atoms with Gasteiger partial charge < -0.3 is 5.32 Å². The molecule has 0 aromatic rings. The van der Waals surface area contributed by atoms with Crippen LogP contribution in [-0.4, -0.2) is 56.5 Å². The summed E-state index contributed by atoms with van der Waals surface area (Å²) in [6.45, 7) is 8.69. The quantitative estimate of drug-likeness (QED) is 0.787. The van der Waals surface area contributed by atoms with E-state index in [0.29, 0.717) is 24.4 Å². The zero-order chi connectivity index (χ0) is 12.2. The van der Waals surface area contributed by atoms with Crippen LogP contribution in [-0.2, 0) is 9.84 Å². The summed E-state index contributed by atoms with van der Waals surface area (Å²) in [6.07, 6.45) is 1.09. The first-order valence-electron chi connectivity index (χ1n) is 6.12. The molecule has 0 aromatic carbocycles.